The third-order valence-electron chi connectivity index (χ3n) is 5.30. The van der Waals surface area contributed by atoms with E-state index in [1.807, 2.05) is 0 Å². The lowest BCUT2D eigenvalue weighted by Crippen LogP contribution is -2.48. The molecule has 2 amide bonds. The van der Waals surface area contributed by atoms with E-state index in [9.17, 15) is 19.5 Å². The van der Waals surface area contributed by atoms with Gasteiger partial charge in [0.2, 0.25) is 5.91 Å². The summed E-state index contributed by atoms with van der Waals surface area (Å²) in [4.78, 5) is 39.9. The molecule has 0 radical (unpaired) electrons. The number of piperidine rings is 2. The van der Waals surface area contributed by atoms with E-state index in [0.29, 0.717) is 56.0 Å². The van der Waals surface area contributed by atoms with Crippen molar-refractivity contribution in [3.8, 4) is 0 Å². The number of rotatable bonds is 3. The number of hydrogen-bond acceptors (Lipinski definition) is 3. The van der Waals surface area contributed by atoms with Crippen LogP contribution in [0.5, 0.6) is 0 Å². The predicted octanol–water partition coefficient (Wildman–Crippen LogP) is 2.52. The SMILES string of the molecule is O=C(O)C1CCCN(C(=O)C2CCN(C(=O)c3ccc(Cl)cc3)CC2)C1. The van der Waals surface area contributed by atoms with Gasteiger partial charge in [-0.3, -0.25) is 14.4 Å². The van der Waals surface area contributed by atoms with Crippen LogP contribution >= 0.6 is 11.6 Å². The molecule has 1 aromatic rings. The van der Waals surface area contributed by atoms with Crippen LogP contribution in [0.2, 0.25) is 5.02 Å². The van der Waals surface area contributed by atoms with Gasteiger partial charge in [0, 0.05) is 42.7 Å². The topological polar surface area (TPSA) is 77.9 Å². The zero-order valence-electron chi connectivity index (χ0n) is 14.6. The van der Waals surface area contributed by atoms with Gasteiger partial charge in [-0.15, -0.1) is 0 Å². The lowest BCUT2D eigenvalue weighted by atomic mass is 9.92. The number of carboxylic acids is 1. The number of hydrogen-bond donors (Lipinski definition) is 1. The molecular weight excluding hydrogens is 356 g/mol. The average molecular weight is 379 g/mol. The average Bonchev–Trinajstić information content (AvgIpc) is 2.67. The maximum absolute atomic E-state index is 12.7. The second kappa shape index (κ2) is 8.08. The van der Waals surface area contributed by atoms with Gasteiger partial charge in [-0.05, 0) is 49.9 Å². The third-order valence-corrected chi connectivity index (χ3v) is 5.56. The van der Waals surface area contributed by atoms with Crippen molar-refractivity contribution in [3.05, 3.63) is 34.9 Å². The van der Waals surface area contributed by atoms with Crippen molar-refractivity contribution >= 4 is 29.4 Å². The maximum Gasteiger partial charge on any atom is 0.308 e. The van der Waals surface area contributed by atoms with E-state index in [0.717, 1.165) is 6.42 Å². The van der Waals surface area contributed by atoms with Crippen LogP contribution in [0.25, 0.3) is 0 Å². The molecule has 0 bridgehead atoms. The summed E-state index contributed by atoms with van der Waals surface area (Å²) in [5.41, 5.74) is 0.597. The summed E-state index contributed by atoms with van der Waals surface area (Å²) in [6.45, 7) is 2.01. The third kappa shape index (κ3) is 4.18. The molecule has 140 valence electrons. The molecule has 2 heterocycles. The summed E-state index contributed by atoms with van der Waals surface area (Å²) in [7, 11) is 0. The summed E-state index contributed by atoms with van der Waals surface area (Å²) >= 11 is 5.86. The highest BCUT2D eigenvalue weighted by Crippen LogP contribution is 2.25. The standard InChI is InChI=1S/C19H23ClN2O4/c20-16-5-3-13(4-6-16)17(23)21-10-7-14(8-11-21)18(24)22-9-1-2-15(12-22)19(25)26/h3-6,14-15H,1-2,7-12H2,(H,25,26). The van der Waals surface area contributed by atoms with Crippen molar-refractivity contribution in [1.82, 2.24) is 9.80 Å². The molecule has 2 aliphatic heterocycles. The molecular formula is C19H23ClN2O4. The van der Waals surface area contributed by atoms with E-state index in [2.05, 4.69) is 0 Å². The van der Waals surface area contributed by atoms with Crippen LogP contribution in [-0.4, -0.2) is 58.9 Å². The maximum atomic E-state index is 12.7. The molecule has 0 aromatic heterocycles. The highest BCUT2D eigenvalue weighted by atomic mass is 35.5. The van der Waals surface area contributed by atoms with E-state index < -0.39 is 11.9 Å². The molecule has 3 rings (SSSR count). The Morgan fingerprint density at radius 3 is 2.19 bits per heavy atom. The van der Waals surface area contributed by atoms with Gasteiger partial charge in [0.05, 0.1) is 5.92 Å². The summed E-state index contributed by atoms with van der Waals surface area (Å²) < 4.78 is 0. The van der Waals surface area contributed by atoms with Crippen LogP contribution in [0.15, 0.2) is 24.3 Å². The number of carbonyl (C=O) groups excluding carboxylic acids is 2. The Balaban J connectivity index is 1.54. The first-order valence-electron chi connectivity index (χ1n) is 9.02. The second-order valence-electron chi connectivity index (χ2n) is 7.04. The number of likely N-dealkylation sites (tertiary alicyclic amines) is 2. The smallest absolute Gasteiger partial charge is 0.308 e. The molecule has 6 nitrogen and oxygen atoms in total. The van der Waals surface area contributed by atoms with Crippen molar-refractivity contribution in [2.24, 2.45) is 11.8 Å². The quantitative estimate of drug-likeness (QED) is 0.876. The second-order valence-corrected chi connectivity index (χ2v) is 7.47. The molecule has 26 heavy (non-hydrogen) atoms. The summed E-state index contributed by atoms with van der Waals surface area (Å²) in [6.07, 6.45) is 2.60. The van der Waals surface area contributed by atoms with Gasteiger partial charge in [-0.2, -0.15) is 0 Å². The highest BCUT2D eigenvalue weighted by molar-refractivity contribution is 6.30. The van der Waals surface area contributed by atoms with Gasteiger partial charge in [0.1, 0.15) is 0 Å². The Kier molecular flexibility index (Phi) is 5.81. The van der Waals surface area contributed by atoms with E-state index in [-0.39, 0.29) is 17.7 Å². The molecule has 2 aliphatic rings. The number of nitrogens with zero attached hydrogens (tertiary/aromatic N) is 2. The number of carboxylic acid groups (broad SMARTS) is 1. The van der Waals surface area contributed by atoms with Crippen LogP contribution in [0.1, 0.15) is 36.0 Å². The van der Waals surface area contributed by atoms with E-state index >= 15 is 0 Å². The van der Waals surface area contributed by atoms with E-state index in [4.69, 9.17) is 11.6 Å². The van der Waals surface area contributed by atoms with Gasteiger partial charge >= 0.3 is 5.97 Å². The van der Waals surface area contributed by atoms with Crippen molar-refractivity contribution in [3.63, 3.8) is 0 Å². The van der Waals surface area contributed by atoms with Crippen molar-refractivity contribution in [2.45, 2.75) is 25.7 Å². The lowest BCUT2D eigenvalue weighted by Gasteiger charge is -2.37. The first-order chi connectivity index (χ1) is 12.5. The van der Waals surface area contributed by atoms with Crippen LogP contribution in [0.4, 0.5) is 0 Å². The number of aliphatic carboxylic acids is 1. The van der Waals surface area contributed by atoms with Crippen LogP contribution in [0.3, 0.4) is 0 Å². The number of benzene rings is 1. The molecule has 1 N–H and O–H groups in total. The Hall–Kier alpha value is -2.08. The Labute approximate surface area is 157 Å². The molecule has 0 spiro atoms. The fourth-order valence-electron chi connectivity index (χ4n) is 3.74. The molecule has 1 atom stereocenters. The van der Waals surface area contributed by atoms with Crippen LogP contribution < -0.4 is 0 Å². The molecule has 1 unspecified atom stereocenters. The van der Waals surface area contributed by atoms with E-state index in [1.165, 1.54) is 0 Å². The zero-order chi connectivity index (χ0) is 18.7. The molecule has 7 heteroatoms. The summed E-state index contributed by atoms with van der Waals surface area (Å²) in [6, 6.07) is 6.81. The molecule has 1 aromatic carbocycles. The first kappa shape index (κ1) is 18.7. The van der Waals surface area contributed by atoms with Gasteiger partial charge in [-0.1, -0.05) is 11.6 Å². The Morgan fingerprint density at radius 1 is 0.923 bits per heavy atom. The fourth-order valence-corrected chi connectivity index (χ4v) is 3.87. The Bertz CT molecular complexity index is 683. The van der Waals surface area contributed by atoms with Crippen molar-refractivity contribution in [1.29, 1.82) is 0 Å². The normalized spacial score (nSPS) is 21.5. The summed E-state index contributed by atoms with van der Waals surface area (Å²) in [5, 5.41) is 9.77. The van der Waals surface area contributed by atoms with Gasteiger partial charge in [0.15, 0.2) is 0 Å². The molecule has 0 aliphatic carbocycles. The van der Waals surface area contributed by atoms with Crippen molar-refractivity contribution in [2.75, 3.05) is 26.2 Å². The van der Waals surface area contributed by atoms with E-state index in [1.54, 1.807) is 34.1 Å². The fraction of sp³-hybridized carbons (Fsp3) is 0.526. The minimum Gasteiger partial charge on any atom is -0.481 e. The van der Waals surface area contributed by atoms with Gasteiger partial charge in [0.25, 0.3) is 5.91 Å². The van der Waals surface area contributed by atoms with Gasteiger partial charge < -0.3 is 14.9 Å². The molecule has 2 saturated heterocycles. The van der Waals surface area contributed by atoms with Crippen molar-refractivity contribution < 1.29 is 19.5 Å². The highest BCUT2D eigenvalue weighted by Gasteiger charge is 2.34. The number of amides is 2. The predicted molar refractivity (Wildman–Crippen MR) is 97.0 cm³/mol. The lowest BCUT2D eigenvalue weighted by molar-refractivity contribution is -0.147. The largest absolute Gasteiger partial charge is 0.481 e. The number of halogens is 1. The Morgan fingerprint density at radius 2 is 1.58 bits per heavy atom. The van der Waals surface area contributed by atoms with Crippen LogP contribution in [-0.2, 0) is 9.59 Å². The first-order valence-corrected chi connectivity index (χ1v) is 9.40. The van der Waals surface area contributed by atoms with Crippen LogP contribution in [0, 0.1) is 11.8 Å². The molecule has 0 saturated carbocycles. The minimum absolute atomic E-state index is 0.0366. The van der Waals surface area contributed by atoms with Gasteiger partial charge in [-0.25, -0.2) is 0 Å². The monoisotopic (exact) mass is 378 g/mol. The minimum atomic E-state index is -0.828. The zero-order valence-corrected chi connectivity index (χ0v) is 15.3. The summed E-state index contributed by atoms with van der Waals surface area (Å²) in [5.74, 6) is -1.42. The molecule has 2 fully saturated rings. The number of carbonyl (C=O) groups is 3.